The summed E-state index contributed by atoms with van der Waals surface area (Å²) in [5.74, 6) is 0.822. The third kappa shape index (κ3) is 11.1. The zero-order chi connectivity index (χ0) is 32.7. The number of methoxy groups -OCH3 is 3. The van der Waals surface area contributed by atoms with Crippen LogP contribution in [0, 0.1) is 0 Å². The molecule has 0 heterocycles. The molecule has 0 amide bonds. The number of ketones is 2. The van der Waals surface area contributed by atoms with E-state index in [9.17, 15) is 9.59 Å². The fraction of sp³-hybridized carbons (Fsp3) is 0.641. The number of quaternary nitrogens is 1. The van der Waals surface area contributed by atoms with Crippen molar-refractivity contribution in [3.8, 4) is 17.2 Å². The Labute approximate surface area is 289 Å². The highest BCUT2D eigenvalue weighted by atomic mass is 79.9. The van der Waals surface area contributed by atoms with Crippen molar-refractivity contribution in [1.29, 1.82) is 0 Å². The fourth-order valence-corrected chi connectivity index (χ4v) is 6.86. The monoisotopic (exact) mass is 701 g/mol. The first-order valence-corrected chi connectivity index (χ1v) is 17.7. The maximum Gasteiger partial charge on any atom is 0.201 e. The van der Waals surface area contributed by atoms with E-state index < -0.39 is 0 Å². The van der Waals surface area contributed by atoms with E-state index in [0.717, 1.165) is 29.7 Å². The van der Waals surface area contributed by atoms with Crippen molar-refractivity contribution in [3.63, 3.8) is 0 Å². The summed E-state index contributed by atoms with van der Waals surface area (Å²) in [5, 5.41) is 0. The Morgan fingerprint density at radius 2 is 0.978 bits per heavy atom. The summed E-state index contributed by atoms with van der Waals surface area (Å²) >= 11 is 0. The van der Waals surface area contributed by atoms with Gasteiger partial charge < -0.3 is 35.7 Å². The molecule has 7 heteroatoms. The van der Waals surface area contributed by atoms with E-state index in [1.54, 1.807) is 26.4 Å². The average Bonchev–Trinajstić information content (AvgIpc) is 3.04. The van der Waals surface area contributed by atoms with Crippen LogP contribution in [0.3, 0.4) is 0 Å². The number of hydrogen-bond acceptors (Lipinski definition) is 5. The van der Waals surface area contributed by atoms with Crippen LogP contribution in [-0.2, 0) is 6.54 Å². The molecule has 1 aliphatic carbocycles. The summed E-state index contributed by atoms with van der Waals surface area (Å²) in [6, 6.07) is 7.20. The smallest absolute Gasteiger partial charge is 0.201 e. The van der Waals surface area contributed by atoms with Crippen molar-refractivity contribution >= 4 is 11.6 Å². The quantitative estimate of drug-likeness (QED) is 0.0812. The molecule has 0 N–H and O–H groups in total. The highest BCUT2D eigenvalue weighted by Crippen LogP contribution is 2.40. The van der Waals surface area contributed by atoms with Crippen LogP contribution in [0.2, 0.25) is 0 Å². The fourth-order valence-electron chi connectivity index (χ4n) is 6.86. The van der Waals surface area contributed by atoms with Crippen LogP contribution in [-0.4, -0.2) is 57.5 Å². The number of hydrogen-bond donors (Lipinski definition) is 0. The SMILES string of the molecule is CCCCCCCCCC[N+](C)(CCCCCCCCCC)Cc1cc(OC)c2c(c1)C(=O)c1cc(OC)cc(OC)c1C2=O.[Br-]. The summed E-state index contributed by atoms with van der Waals surface area (Å²) in [6.45, 7) is 7.55. The molecular formula is C39H60BrNO5. The van der Waals surface area contributed by atoms with Crippen molar-refractivity contribution in [2.24, 2.45) is 0 Å². The minimum atomic E-state index is -0.252. The molecule has 46 heavy (non-hydrogen) atoms. The van der Waals surface area contributed by atoms with Crippen molar-refractivity contribution in [2.45, 2.75) is 123 Å². The molecule has 258 valence electrons. The molecule has 0 spiro atoms. The van der Waals surface area contributed by atoms with E-state index in [0.29, 0.717) is 33.9 Å². The highest BCUT2D eigenvalue weighted by molar-refractivity contribution is 6.30. The molecule has 3 rings (SSSR count). The second-order valence-electron chi connectivity index (χ2n) is 13.3. The first-order chi connectivity index (χ1) is 21.8. The molecule has 0 saturated carbocycles. The van der Waals surface area contributed by atoms with Gasteiger partial charge in [-0.3, -0.25) is 9.59 Å². The van der Waals surface area contributed by atoms with Crippen molar-refractivity contribution < 1.29 is 45.3 Å². The Balaban J connectivity index is 0.00000736. The standard InChI is InChI=1S/C39H60NO5.BrH/c1-7-9-11-13-15-17-19-21-23-40(3,24-22-20-18-16-14-12-10-8-2)29-30-25-32-36(34(26-30)44-5)39(42)37-33(38(32)41)27-31(43-4)28-35(37)45-6;/h25-28H,7-24,29H2,1-6H3;1H/q+1;/p-1. The van der Waals surface area contributed by atoms with Gasteiger partial charge in [0.25, 0.3) is 0 Å². The number of carbonyl (C=O) groups is 2. The van der Waals surface area contributed by atoms with Crippen LogP contribution >= 0.6 is 0 Å². The number of benzene rings is 2. The van der Waals surface area contributed by atoms with Gasteiger partial charge in [-0.2, -0.15) is 0 Å². The molecule has 0 bridgehead atoms. The van der Waals surface area contributed by atoms with Crippen LogP contribution in [0.4, 0.5) is 0 Å². The largest absolute Gasteiger partial charge is 1.00 e. The molecule has 0 unspecified atom stereocenters. The molecule has 0 atom stereocenters. The molecule has 0 aromatic heterocycles. The molecule has 0 radical (unpaired) electrons. The third-order valence-electron chi connectivity index (χ3n) is 9.52. The average molecular weight is 703 g/mol. The number of ether oxygens (including phenoxy) is 3. The second-order valence-corrected chi connectivity index (χ2v) is 13.3. The summed E-state index contributed by atoms with van der Waals surface area (Å²) < 4.78 is 17.6. The highest BCUT2D eigenvalue weighted by Gasteiger charge is 2.36. The van der Waals surface area contributed by atoms with Crippen LogP contribution in [0.5, 0.6) is 17.2 Å². The van der Waals surface area contributed by atoms with Gasteiger partial charge in [-0.25, -0.2) is 0 Å². The van der Waals surface area contributed by atoms with E-state index >= 15 is 0 Å². The van der Waals surface area contributed by atoms with Gasteiger partial charge >= 0.3 is 0 Å². The van der Waals surface area contributed by atoms with Gasteiger partial charge in [0, 0.05) is 22.8 Å². The summed E-state index contributed by atoms with van der Waals surface area (Å²) in [7, 11) is 6.99. The van der Waals surface area contributed by atoms with Gasteiger partial charge in [-0.05, 0) is 43.9 Å². The Bertz CT molecular complexity index is 1220. The number of halogens is 1. The first kappa shape index (κ1) is 39.8. The molecule has 1 aliphatic rings. The molecular weight excluding hydrogens is 642 g/mol. The predicted octanol–water partition coefficient (Wildman–Crippen LogP) is 6.72. The van der Waals surface area contributed by atoms with E-state index in [2.05, 4.69) is 20.9 Å². The number of unbranched alkanes of at least 4 members (excludes halogenated alkanes) is 14. The zero-order valence-electron chi connectivity index (χ0n) is 29.6. The Morgan fingerprint density at radius 1 is 0.543 bits per heavy atom. The normalized spacial score (nSPS) is 12.4. The third-order valence-corrected chi connectivity index (χ3v) is 9.52. The first-order valence-electron chi connectivity index (χ1n) is 17.7. The summed E-state index contributed by atoms with van der Waals surface area (Å²) in [5.41, 5.74) is 2.35. The van der Waals surface area contributed by atoms with Crippen LogP contribution in [0.15, 0.2) is 24.3 Å². The lowest BCUT2D eigenvalue weighted by Crippen LogP contribution is -3.00. The molecule has 2 aromatic rings. The van der Waals surface area contributed by atoms with Crippen molar-refractivity contribution in [2.75, 3.05) is 41.5 Å². The van der Waals surface area contributed by atoms with Crippen LogP contribution < -0.4 is 31.2 Å². The summed E-state index contributed by atoms with van der Waals surface area (Å²) in [4.78, 5) is 27.8. The predicted molar refractivity (Wildman–Crippen MR) is 184 cm³/mol. The minimum Gasteiger partial charge on any atom is -1.00 e. The topological polar surface area (TPSA) is 61.8 Å². The van der Waals surface area contributed by atoms with Crippen molar-refractivity contribution in [1.82, 2.24) is 0 Å². The van der Waals surface area contributed by atoms with Gasteiger partial charge in [0.15, 0.2) is 5.78 Å². The van der Waals surface area contributed by atoms with E-state index in [1.165, 1.54) is 110 Å². The maximum atomic E-state index is 13.9. The second kappa shape index (κ2) is 20.8. The Morgan fingerprint density at radius 3 is 1.43 bits per heavy atom. The lowest BCUT2D eigenvalue weighted by Gasteiger charge is -2.35. The molecule has 0 fully saturated rings. The molecule has 0 aliphatic heterocycles. The lowest BCUT2D eigenvalue weighted by atomic mass is 9.82. The zero-order valence-corrected chi connectivity index (χ0v) is 31.2. The molecule has 0 saturated heterocycles. The van der Waals surface area contributed by atoms with E-state index in [1.807, 2.05) is 12.1 Å². The lowest BCUT2D eigenvalue weighted by molar-refractivity contribution is -0.923. The number of fused-ring (bicyclic) bond motifs is 2. The van der Waals surface area contributed by atoms with E-state index in [4.69, 9.17) is 14.2 Å². The molecule has 2 aromatic carbocycles. The molecule has 6 nitrogen and oxygen atoms in total. The van der Waals surface area contributed by atoms with Gasteiger partial charge in [0.05, 0.1) is 52.6 Å². The summed E-state index contributed by atoms with van der Waals surface area (Å²) in [6.07, 6.45) is 20.9. The van der Waals surface area contributed by atoms with Gasteiger partial charge in [-0.15, -0.1) is 0 Å². The maximum absolute atomic E-state index is 13.9. The van der Waals surface area contributed by atoms with Crippen LogP contribution in [0.1, 0.15) is 154 Å². The number of nitrogens with zero attached hydrogens (tertiary/aromatic N) is 1. The number of carbonyl (C=O) groups excluding carboxylic acids is 2. The Hall–Kier alpha value is -2.38. The van der Waals surface area contributed by atoms with Crippen molar-refractivity contribution in [3.05, 3.63) is 52.1 Å². The van der Waals surface area contributed by atoms with Crippen LogP contribution in [0.25, 0.3) is 0 Å². The van der Waals surface area contributed by atoms with E-state index in [-0.39, 0.29) is 34.1 Å². The van der Waals surface area contributed by atoms with Gasteiger partial charge in [-0.1, -0.05) is 90.9 Å². The minimum absolute atomic E-state index is 0. The number of rotatable bonds is 23. The van der Waals surface area contributed by atoms with Gasteiger partial charge in [0.2, 0.25) is 5.78 Å². The van der Waals surface area contributed by atoms with Gasteiger partial charge in [0.1, 0.15) is 23.8 Å². The Kier molecular flexibility index (Phi) is 18.0.